The van der Waals surface area contributed by atoms with Crippen LogP contribution in [-0.2, 0) is 10.2 Å². The fourth-order valence-corrected chi connectivity index (χ4v) is 2.42. The third kappa shape index (κ3) is 3.61. The molecular formula is C12H17BrN2O. The summed E-state index contributed by atoms with van der Waals surface area (Å²) >= 11 is 3.53. The van der Waals surface area contributed by atoms with E-state index in [0.29, 0.717) is 6.54 Å². The molecule has 3 nitrogen and oxygen atoms in total. The molecule has 0 heterocycles. The van der Waals surface area contributed by atoms with Gasteiger partial charge in [0.05, 0.1) is 6.54 Å². The van der Waals surface area contributed by atoms with Crippen molar-refractivity contribution < 1.29 is 4.79 Å². The zero-order valence-electron chi connectivity index (χ0n) is 9.59. The molecule has 0 saturated heterocycles. The molecule has 0 saturated carbocycles. The monoisotopic (exact) mass is 284 g/mol. The van der Waals surface area contributed by atoms with Crippen molar-refractivity contribution in [2.24, 2.45) is 5.73 Å². The zero-order chi connectivity index (χ0) is 12.2. The van der Waals surface area contributed by atoms with E-state index in [1.165, 1.54) is 5.56 Å². The Kier molecular flexibility index (Phi) is 4.50. The Hall–Kier alpha value is -0.870. The molecule has 0 atom stereocenters. The van der Waals surface area contributed by atoms with Gasteiger partial charge in [-0.15, -0.1) is 0 Å². The van der Waals surface area contributed by atoms with Crippen molar-refractivity contribution in [2.45, 2.75) is 19.3 Å². The Labute approximate surface area is 105 Å². The summed E-state index contributed by atoms with van der Waals surface area (Å²) in [6, 6.07) is 8.09. The highest BCUT2D eigenvalue weighted by molar-refractivity contribution is 9.10. The minimum Gasteiger partial charge on any atom is -0.369 e. The minimum atomic E-state index is -0.331. The normalized spacial score (nSPS) is 11.4. The SMILES string of the molecule is CC(C)(CNCC(N)=O)c1ccccc1Br. The lowest BCUT2D eigenvalue weighted by Gasteiger charge is -2.26. The molecule has 0 radical (unpaired) electrons. The van der Waals surface area contributed by atoms with Crippen molar-refractivity contribution in [3.05, 3.63) is 34.3 Å². The zero-order valence-corrected chi connectivity index (χ0v) is 11.2. The first-order valence-electron chi connectivity index (χ1n) is 5.17. The Balaban J connectivity index is 2.70. The number of nitrogens with one attached hydrogen (secondary N) is 1. The van der Waals surface area contributed by atoms with E-state index in [-0.39, 0.29) is 17.9 Å². The molecule has 0 aliphatic carbocycles. The van der Waals surface area contributed by atoms with E-state index >= 15 is 0 Å². The first kappa shape index (κ1) is 13.2. The highest BCUT2D eigenvalue weighted by atomic mass is 79.9. The number of rotatable bonds is 5. The first-order chi connectivity index (χ1) is 7.43. The molecule has 1 amide bonds. The fraction of sp³-hybridized carbons (Fsp3) is 0.417. The molecule has 3 N–H and O–H groups in total. The second-order valence-corrected chi connectivity index (χ2v) is 5.29. The minimum absolute atomic E-state index is 0.0461. The van der Waals surface area contributed by atoms with E-state index in [0.717, 1.165) is 4.47 Å². The summed E-state index contributed by atoms with van der Waals surface area (Å²) in [5.41, 5.74) is 6.25. The van der Waals surface area contributed by atoms with E-state index < -0.39 is 0 Å². The van der Waals surface area contributed by atoms with Crippen LogP contribution >= 0.6 is 15.9 Å². The van der Waals surface area contributed by atoms with Gasteiger partial charge in [-0.2, -0.15) is 0 Å². The standard InChI is InChI=1S/C12H17BrN2O/c1-12(2,8-15-7-11(14)16)9-5-3-4-6-10(9)13/h3-6,15H,7-8H2,1-2H3,(H2,14,16). The lowest BCUT2D eigenvalue weighted by Crippen LogP contribution is -2.37. The van der Waals surface area contributed by atoms with E-state index in [9.17, 15) is 4.79 Å². The molecule has 4 heteroatoms. The molecule has 1 aromatic carbocycles. The largest absolute Gasteiger partial charge is 0.369 e. The van der Waals surface area contributed by atoms with Gasteiger partial charge in [0.15, 0.2) is 0 Å². The van der Waals surface area contributed by atoms with Gasteiger partial charge in [0, 0.05) is 16.4 Å². The van der Waals surface area contributed by atoms with Crippen LogP contribution in [0.3, 0.4) is 0 Å². The van der Waals surface area contributed by atoms with Crippen LogP contribution in [0.4, 0.5) is 0 Å². The molecule has 0 bridgehead atoms. The molecule has 0 aromatic heterocycles. The number of carbonyl (C=O) groups excluding carboxylic acids is 1. The van der Waals surface area contributed by atoms with Crippen LogP contribution < -0.4 is 11.1 Å². The van der Waals surface area contributed by atoms with Gasteiger partial charge in [0.2, 0.25) is 5.91 Å². The highest BCUT2D eigenvalue weighted by Gasteiger charge is 2.22. The molecule has 1 aromatic rings. The third-order valence-electron chi connectivity index (χ3n) is 2.47. The Morgan fingerprint density at radius 1 is 1.44 bits per heavy atom. The average molecular weight is 285 g/mol. The lowest BCUT2D eigenvalue weighted by molar-refractivity contribution is -0.117. The van der Waals surface area contributed by atoms with Crippen molar-refractivity contribution in [2.75, 3.05) is 13.1 Å². The summed E-state index contributed by atoms with van der Waals surface area (Å²) in [6.45, 7) is 5.18. The average Bonchev–Trinajstić information content (AvgIpc) is 2.17. The molecule has 88 valence electrons. The summed E-state index contributed by atoms with van der Waals surface area (Å²) in [7, 11) is 0. The third-order valence-corrected chi connectivity index (χ3v) is 3.16. The lowest BCUT2D eigenvalue weighted by atomic mass is 9.84. The van der Waals surface area contributed by atoms with E-state index in [4.69, 9.17) is 5.73 Å². The molecular weight excluding hydrogens is 268 g/mol. The molecule has 16 heavy (non-hydrogen) atoms. The van der Waals surface area contributed by atoms with Crippen LogP contribution in [0.5, 0.6) is 0 Å². The number of nitrogens with two attached hydrogens (primary N) is 1. The fourth-order valence-electron chi connectivity index (χ4n) is 1.60. The number of hydrogen-bond donors (Lipinski definition) is 2. The maximum Gasteiger partial charge on any atom is 0.231 e. The Bertz CT molecular complexity index is 377. The summed E-state index contributed by atoms with van der Waals surface area (Å²) in [4.78, 5) is 10.6. The number of hydrogen-bond acceptors (Lipinski definition) is 2. The van der Waals surface area contributed by atoms with Gasteiger partial charge in [-0.1, -0.05) is 48.0 Å². The quantitative estimate of drug-likeness (QED) is 0.866. The van der Waals surface area contributed by atoms with E-state index in [1.807, 2.05) is 18.2 Å². The van der Waals surface area contributed by atoms with Gasteiger partial charge >= 0.3 is 0 Å². The topological polar surface area (TPSA) is 55.1 Å². The van der Waals surface area contributed by atoms with Crippen LogP contribution in [0.2, 0.25) is 0 Å². The molecule has 0 aliphatic rings. The number of benzene rings is 1. The number of primary amides is 1. The van der Waals surface area contributed by atoms with Crippen molar-refractivity contribution in [3.63, 3.8) is 0 Å². The summed E-state index contributed by atoms with van der Waals surface area (Å²) in [5, 5.41) is 3.06. The molecule has 0 spiro atoms. The van der Waals surface area contributed by atoms with Crippen LogP contribution in [0, 0.1) is 0 Å². The van der Waals surface area contributed by atoms with E-state index in [2.05, 4.69) is 41.2 Å². The van der Waals surface area contributed by atoms with Gasteiger partial charge in [0.25, 0.3) is 0 Å². The van der Waals surface area contributed by atoms with Gasteiger partial charge in [0.1, 0.15) is 0 Å². The van der Waals surface area contributed by atoms with Crippen molar-refractivity contribution in [1.29, 1.82) is 0 Å². The maximum atomic E-state index is 10.6. The predicted octanol–water partition coefficient (Wildman–Crippen LogP) is 1.80. The summed E-state index contributed by atoms with van der Waals surface area (Å²) < 4.78 is 1.08. The first-order valence-corrected chi connectivity index (χ1v) is 5.97. The molecule has 1 rings (SSSR count). The Morgan fingerprint density at radius 3 is 2.62 bits per heavy atom. The number of halogens is 1. The second kappa shape index (κ2) is 5.46. The van der Waals surface area contributed by atoms with Crippen molar-refractivity contribution in [3.8, 4) is 0 Å². The van der Waals surface area contributed by atoms with Crippen molar-refractivity contribution in [1.82, 2.24) is 5.32 Å². The van der Waals surface area contributed by atoms with Crippen LogP contribution in [0.15, 0.2) is 28.7 Å². The molecule has 0 unspecified atom stereocenters. The maximum absolute atomic E-state index is 10.6. The second-order valence-electron chi connectivity index (χ2n) is 4.43. The number of amides is 1. The summed E-state index contributed by atoms with van der Waals surface area (Å²) in [6.07, 6.45) is 0. The van der Waals surface area contributed by atoms with Gasteiger partial charge in [-0.05, 0) is 11.6 Å². The van der Waals surface area contributed by atoms with Crippen LogP contribution in [0.1, 0.15) is 19.4 Å². The van der Waals surface area contributed by atoms with E-state index in [1.54, 1.807) is 0 Å². The van der Waals surface area contributed by atoms with Crippen LogP contribution in [-0.4, -0.2) is 19.0 Å². The number of carbonyl (C=O) groups is 1. The van der Waals surface area contributed by atoms with Gasteiger partial charge < -0.3 is 11.1 Å². The Morgan fingerprint density at radius 2 is 2.06 bits per heavy atom. The summed E-state index contributed by atoms with van der Waals surface area (Å²) in [5.74, 6) is -0.331. The smallest absolute Gasteiger partial charge is 0.231 e. The van der Waals surface area contributed by atoms with Crippen molar-refractivity contribution >= 4 is 21.8 Å². The highest BCUT2D eigenvalue weighted by Crippen LogP contribution is 2.29. The van der Waals surface area contributed by atoms with Gasteiger partial charge in [-0.3, -0.25) is 4.79 Å². The van der Waals surface area contributed by atoms with Crippen LogP contribution in [0.25, 0.3) is 0 Å². The van der Waals surface area contributed by atoms with Gasteiger partial charge in [-0.25, -0.2) is 0 Å². The predicted molar refractivity (Wildman–Crippen MR) is 69.2 cm³/mol. The molecule has 0 fully saturated rings. The molecule has 0 aliphatic heterocycles.